The van der Waals surface area contributed by atoms with Crippen LogP contribution in [0.1, 0.15) is 16.4 Å². The number of nitro groups is 1. The van der Waals surface area contributed by atoms with Crippen LogP contribution in [0.3, 0.4) is 0 Å². The number of pyridine rings is 1. The van der Waals surface area contributed by atoms with Crippen LogP contribution in [0, 0.1) is 10.1 Å². The van der Waals surface area contributed by atoms with E-state index in [0.29, 0.717) is 31.1 Å². The molecule has 3 rings (SSSR count). The smallest absolute Gasteiger partial charge is 0.269 e. The number of hydrogen-bond donors (Lipinski definition) is 1. The molecule has 1 atom stereocenters. The van der Waals surface area contributed by atoms with Crippen molar-refractivity contribution in [1.82, 2.24) is 14.8 Å². The zero-order valence-corrected chi connectivity index (χ0v) is 17.5. The molecule has 1 aliphatic rings. The lowest BCUT2D eigenvalue weighted by molar-refractivity contribution is -0.384. The quantitative estimate of drug-likeness (QED) is 0.482. The van der Waals surface area contributed by atoms with Crippen LogP contribution in [-0.4, -0.2) is 68.0 Å². The van der Waals surface area contributed by atoms with Gasteiger partial charge in [-0.05, 0) is 11.1 Å². The minimum absolute atomic E-state index is 0.0747. The summed E-state index contributed by atoms with van der Waals surface area (Å²) in [6, 6.07) is 9.83. The molecule has 0 spiro atoms. The molecule has 0 radical (unpaired) electrons. The van der Waals surface area contributed by atoms with E-state index in [1.54, 1.807) is 24.3 Å². The van der Waals surface area contributed by atoms with Crippen molar-refractivity contribution in [1.29, 1.82) is 0 Å². The van der Waals surface area contributed by atoms with Crippen molar-refractivity contribution in [3.63, 3.8) is 0 Å². The summed E-state index contributed by atoms with van der Waals surface area (Å²) in [5.41, 5.74) is 1.61. The number of non-ortho nitro benzene ring substituents is 1. The number of aromatic nitrogens is 1. The number of rotatable bonds is 8. The van der Waals surface area contributed by atoms with Gasteiger partial charge in [-0.2, -0.15) is 0 Å². The van der Waals surface area contributed by atoms with Crippen molar-refractivity contribution in [2.45, 2.75) is 11.8 Å². The Balaban J connectivity index is 1.58. The first-order chi connectivity index (χ1) is 14.3. The number of sulfonamides is 1. The van der Waals surface area contributed by atoms with Crippen molar-refractivity contribution in [3.05, 3.63) is 63.8 Å². The summed E-state index contributed by atoms with van der Waals surface area (Å²) in [6.45, 7) is 3.89. The number of methoxy groups -OCH3 is 1. The SMILES string of the molecule is COc1ccc(C(CN2CCN(Cc3ccc([N+](=O)[O-])cc3)CC2)S(N)(=O)=O)cn1. The third-order valence-electron chi connectivity index (χ3n) is 5.18. The molecule has 0 aliphatic carbocycles. The Morgan fingerprint density at radius 3 is 2.27 bits per heavy atom. The van der Waals surface area contributed by atoms with Crippen LogP contribution >= 0.6 is 0 Å². The minimum Gasteiger partial charge on any atom is -0.481 e. The van der Waals surface area contributed by atoms with E-state index in [0.717, 1.165) is 18.7 Å². The van der Waals surface area contributed by atoms with E-state index in [1.807, 2.05) is 0 Å². The fourth-order valence-corrected chi connectivity index (χ4v) is 4.39. The molecule has 1 aromatic carbocycles. The summed E-state index contributed by atoms with van der Waals surface area (Å²) in [7, 11) is -2.31. The van der Waals surface area contributed by atoms with Gasteiger partial charge in [-0.15, -0.1) is 0 Å². The summed E-state index contributed by atoms with van der Waals surface area (Å²) in [5.74, 6) is 0.409. The number of piperazine rings is 1. The monoisotopic (exact) mass is 435 g/mol. The summed E-state index contributed by atoms with van der Waals surface area (Å²) >= 11 is 0. The molecule has 1 unspecified atom stereocenters. The fraction of sp³-hybridized carbons (Fsp3) is 0.421. The maximum atomic E-state index is 12.2. The average molecular weight is 436 g/mol. The second-order valence-electron chi connectivity index (χ2n) is 7.21. The van der Waals surface area contributed by atoms with Gasteiger partial charge in [-0.1, -0.05) is 18.2 Å². The van der Waals surface area contributed by atoms with E-state index >= 15 is 0 Å². The summed E-state index contributed by atoms with van der Waals surface area (Å²) < 4.78 is 29.4. The molecule has 1 aromatic heterocycles. The summed E-state index contributed by atoms with van der Waals surface area (Å²) in [4.78, 5) is 18.7. The lowest BCUT2D eigenvalue weighted by Gasteiger charge is -2.36. The molecule has 2 N–H and O–H groups in total. The molecule has 0 saturated carbocycles. The molecule has 1 saturated heterocycles. The van der Waals surface area contributed by atoms with Crippen molar-refractivity contribution < 1.29 is 18.1 Å². The largest absolute Gasteiger partial charge is 0.481 e. The first kappa shape index (κ1) is 22.1. The van der Waals surface area contributed by atoms with Crippen molar-refractivity contribution in [2.75, 3.05) is 39.8 Å². The lowest BCUT2D eigenvalue weighted by Crippen LogP contribution is -2.48. The highest BCUT2D eigenvalue weighted by molar-refractivity contribution is 7.89. The Bertz CT molecular complexity index is 958. The van der Waals surface area contributed by atoms with Crippen LogP contribution in [0.5, 0.6) is 5.88 Å². The Labute approximate surface area is 175 Å². The Morgan fingerprint density at radius 1 is 1.13 bits per heavy atom. The van der Waals surface area contributed by atoms with Gasteiger partial charge in [0.05, 0.1) is 12.0 Å². The highest BCUT2D eigenvalue weighted by Crippen LogP contribution is 2.23. The van der Waals surface area contributed by atoms with Crippen LogP contribution in [0.4, 0.5) is 5.69 Å². The zero-order chi connectivity index (χ0) is 21.7. The number of ether oxygens (including phenoxy) is 1. The average Bonchev–Trinajstić information content (AvgIpc) is 2.73. The van der Waals surface area contributed by atoms with E-state index in [9.17, 15) is 18.5 Å². The highest BCUT2D eigenvalue weighted by atomic mass is 32.2. The van der Waals surface area contributed by atoms with E-state index < -0.39 is 20.2 Å². The Morgan fingerprint density at radius 2 is 1.77 bits per heavy atom. The lowest BCUT2D eigenvalue weighted by atomic mass is 10.1. The van der Waals surface area contributed by atoms with Crippen LogP contribution in [0.2, 0.25) is 0 Å². The van der Waals surface area contributed by atoms with Crippen LogP contribution < -0.4 is 9.88 Å². The third kappa shape index (κ3) is 5.72. The molecule has 2 heterocycles. The van der Waals surface area contributed by atoms with E-state index in [4.69, 9.17) is 9.88 Å². The molecule has 1 fully saturated rings. The number of nitrogens with zero attached hydrogens (tertiary/aromatic N) is 4. The standard InChI is InChI=1S/C19H25N5O5S/c1-29-19-7-4-16(12-21-19)18(30(20,27)28)14-23-10-8-22(9-11-23)13-15-2-5-17(6-3-15)24(25)26/h2-7,12,18H,8-11,13-14H2,1H3,(H2,20,27,28). The summed E-state index contributed by atoms with van der Waals surface area (Å²) in [6.07, 6.45) is 1.48. The zero-order valence-electron chi connectivity index (χ0n) is 16.7. The Hall–Kier alpha value is -2.60. The van der Waals surface area contributed by atoms with Crippen molar-refractivity contribution in [3.8, 4) is 5.88 Å². The third-order valence-corrected chi connectivity index (χ3v) is 6.39. The van der Waals surface area contributed by atoms with Crippen LogP contribution in [0.15, 0.2) is 42.6 Å². The molecule has 0 bridgehead atoms. The number of nitro benzene ring substituents is 1. The van der Waals surface area contributed by atoms with Gasteiger partial charge in [0.2, 0.25) is 15.9 Å². The van der Waals surface area contributed by atoms with E-state index in [2.05, 4.69) is 14.8 Å². The van der Waals surface area contributed by atoms with Crippen molar-refractivity contribution in [2.24, 2.45) is 5.14 Å². The van der Waals surface area contributed by atoms with Crippen LogP contribution in [-0.2, 0) is 16.6 Å². The van der Waals surface area contributed by atoms with Gasteiger partial charge in [0.1, 0.15) is 5.25 Å². The topological polar surface area (TPSA) is 132 Å². The van der Waals surface area contributed by atoms with Gasteiger partial charge < -0.3 is 4.74 Å². The predicted molar refractivity (Wildman–Crippen MR) is 111 cm³/mol. The van der Waals surface area contributed by atoms with Gasteiger partial charge in [0.15, 0.2) is 0 Å². The molecule has 2 aromatic rings. The maximum absolute atomic E-state index is 12.2. The number of benzene rings is 1. The first-order valence-electron chi connectivity index (χ1n) is 9.46. The molecule has 10 nitrogen and oxygen atoms in total. The first-order valence-corrected chi connectivity index (χ1v) is 11.1. The van der Waals surface area contributed by atoms with E-state index in [1.165, 1.54) is 25.4 Å². The molecule has 0 amide bonds. The molecule has 162 valence electrons. The van der Waals surface area contributed by atoms with Crippen molar-refractivity contribution >= 4 is 15.7 Å². The fourth-order valence-electron chi connectivity index (χ4n) is 3.45. The number of primary sulfonamides is 1. The van der Waals surface area contributed by atoms with Gasteiger partial charge >= 0.3 is 0 Å². The molecular weight excluding hydrogens is 410 g/mol. The van der Waals surface area contributed by atoms with Gasteiger partial charge in [0, 0.05) is 63.7 Å². The molecule has 30 heavy (non-hydrogen) atoms. The van der Waals surface area contributed by atoms with Crippen LogP contribution in [0.25, 0.3) is 0 Å². The van der Waals surface area contributed by atoms with Gasteiger partial charge in [-0.25, -0.2) is 18.5 Å². The van der Waals surface area contributed by atoms with Gasteiger partial charge in [-0.3, -0.25) is 19.9 Å². The Kier molecular flexibility index (Phi) is 6.98. The molecule has 11 heteroatoms. The normalized spacial score (nSPS) is 16.9. The second-order valence-corrected chi connectivity index (χ2v) is 8.96. The maximum Gasteiger partial charge on any atom is 0.269 e. The number of nitrogens with two attached hydrogens (primary N) is 1. The number of hydrogen-bond acceptors (Lipinski definition) is 8. The summed E-state index contributed by atoms with van der Waals surface area (Å²) in [5, 5.41) is 15.4. The molecular formula is C19H25N5O5S. The second kappa shape index (κ2) is 9.47. The molecule has 1 aliphatic heterocycles. The predicted octanol–water partition coefficient (Wildman–Crippen LogP) is 1.15. The minimum atomic E-state index is -3.80. The van der Waals surface area contributed by atoms with Gasteiger partial charge in [0.25, 0.3) is 5.69 Å². The van der Waals surface area contributed by atoms with E-state index in [-0.39, 0.29) is 12.2 Å². The highest BCUT2D eigenvalue weighted by Gasteiger charge is 2.28.